The van der Waals surface area contributed by atoms with Gasteiger partial charge in [0.1, 0.15) is 11.6 Å². The summed E-state index contributed by atoms with van der Waals surface area (Å²) in [5, 5.41) is 0. The van der Waals surface area contributed by atoms with Crippen LogP contribution in [0.2, 0.25) is 0 Å². The molecule has 0 radical (unpaired) electrons. The third kappa shape index (κ3) is 3.58. The second kappa shape index (κ2) is 7.46. The first-order chi connectivity index (χ1) is 12.7. The van der Waals surface area contributed by atoms with E-state index in [1.807, 2.05) is 18.3 Å². The highest BCUT2D eigenvalue weighted by molar-refractivity contribution is 6.15. The van der Waals surface area contributed by atoms with E-state index in [4.69, 9.17) is 14.5 Å². The monoisotopic (exact) mass is 351 g/mol. The van der Waals surface area contributed by atoms with Crippen LogP contribution in [0, 0.1) is 5.92 Å². The van der Waals surface area contributed by atoms with E-state index in [0.29, 0.717) is 5.92 Å². The van der Waals surface area contributed by atoms with Crippen LogP contribution in [0.15, 0.2) is 41.5 Å². The van der Waals surface area contributed by atoms with Crippen molar-refractivity contribution in [3.05, 3.63) is 53.2 Å². The molecule has 0 N–H and O–H groups in total. The van der Waals surface area contributed by atoms with Gasteiger partial charge in [0.15, 0.2) is 0 Å². The van der Waals surface area contributed by atoms with Gasteiger partial charge >= 0.3 is 0 Å². The number of morpholine rings is 1. The normalized spacial score (nSPS) is 16.6. The predicted molar refractivity (Wildman–Crippen MR) is 103 cm³/mol. The fourth-order valence-electron chi connectivity index (χ4n) is 3.29. The van der Waals surface area contributed by atoms with Crippen molar-refractivity contribution in [2.45, 2.75) is 20.4 Å². The number of hydrogen-bond acceptors (Lipinski definition) is 5. The first kappa shape index (κ1) is 17.0. The number of rotatable bonds is 5. The maximum Gasteiger partial charge on any atom is 0.129 e. The van der Waals surface area contributed by atoms with E-state index in [1.54, 1.807) is 0 Å². The van der Waals surface area contributed by atoms with Crippen LogP contribution in [0.4, 0.5) is 5.82 Å². The van der Waals surface area contributed by atoms with Crippen molar-refractivity contribution in [3.8, 4) is 5.75 Å². The zero-order valence-electron chi connectivity index (χ0n) is 15.4. The van der Waals surface area contributed by atoms with Crippen molar-refractivity contribution in [2.24, 2.45) is 10.9 Å². The van der Waals surface area contributed by atoms with Crippen molar-refractivity contribution in [1.29, 1.82) is 0 Å². The van der Waals surface area contributed by atoms with Gasteiger partial charge in [-0.15, -0.1) is 0 Å². The molecule has 3 heterocycles. The molecule has 0 amide bonds. The number of aromatic nitrogens is 1. The van der Waals surface area contributed by atoms with Crippen LogP contribution in [0.3, 0.4) is 0 Å². The summed E-state index contributed by atoms with van der Waals surface area (Å²) in [5.41, 5.74) is 4.57. The van der Waals surface area contributed by atoms with Crippen molar-refractivity contribution < 1.29 is 9.47 Å². The van der Waals surface area contributed by atoms with Gasteiger partial charge in [-0.3, -0.25) is 4.99 Å². The van der Waals surface area contributed by atoms with E-state index >= 15 is 0 Å². The summed E-state index contributed by atoms with van der Waals surface area (Å²) in [5.74, 6) is 2.41. The Hall–Kier alpha value is -2.40. The molecule has 5 nitrogen and oxygen atoms in total. The van der Waals surface area contributed by atoms with E-state index in [2.05, 4.69) is 41.9 Å². The molecule has 136 valence electrons. The Morgan fingerprint density at radius 2 is 2.00 bits per heavy atom. The molecule has 2 aromatic rings. The fourth-order valence-corrected chi connectivity index (χ4v) is 3.29. The van der Waals surface area contributed by atoms with Crippen molar-refractivity contribution >= 4 is 11.5 Å². The molecule has 0 saturated carbocycles. The average Bonchev–Trinajstić information content (AvgIpc) is 3.10. The molecule has 1 fully saturated rings. The molecule has 0 bridgehead atoms. The Morgan fingerprint density at radius 3 is 2.81 bits per heavy atom. The third-order valence-corrected chi connectivity index (χ3v) is 4.68. The van der Waals surface area contributed by atoms with E-state index in [1.165, 1.54) is 11.1 Å². The summed E-state index contributed by atoms with van der Waals surface area (Å²) in [4.78, 5) is 11.6. The van der Waals surface area contributed by atoms with Gasteiger partial charge in [0.25, 0.3) is 0 Å². The lowest BCUT2D eigenvalue weighted by molar-refractivity contribution is 0.122. The second-order valence-electron chi connectivity index (χ2n) is 7.19. The van der Waals surface area contributed by atoms with Crippen molar-refractivity contribution in [3.63, 3.8) is 0 Å². The van der Waals surface area contributed by atoms with Gasteiger partial charge in [-0.25, -0.2) is 4.98 Å². The van der Waals surface area contributed by atoms with Crippen LogP contribution in [-0.2, 0) is 11.3 Å². The summed E-state index contributed by atoms with van der Waals surface area (Å²) >= 11 is 0. The molecular weight excluding hydrogens is 326 g/mol. The molecule has 4 rings (SSSR count). The number of benzene rings is 1. The summed E-state index contributed by atoms with van der Waals surface area (Å²) in [6.45, 7) is 9.04. The maximum atomic E-state index is 5.91. The van der Waals surface area contributed by atoms with Gasteiger partial charge in [0, 0.05) is 30.4 Å². The number of aliphatic imine (C=N–C) groups is 1. The Morgan fingerprint density at radius 1 is 1.15 bits per heavy atom. The van der Waals surface area contributed by atoms with Crippen LogP contribution < -0.4 is 9.64 Å². The van der Waals surface area contributed by atoms with Gasteiger partial charge in [0.05, 0.1) is 32.1 Å². The van der Waals surface area contributed by atoms with Gasteiger partial charge in [0.2, 0.25) is 0 Å². The van der Waals surface area contributed by atoms with E-state index < -0.39 is 0 Å². The number of nitrogens with zero attached hydrogens (tertiary/aromatic N) is 3. The molecule has 0 aliphatic carbocycles. The van der Waals surface area contributed by atoms with Gasteiger partial charge in [-0.1, -0.05) is 19.9 Å². The van der Waals surface area contributed by atoms with E-state index in [9.17, 15) is 0 Å². The molecule has 1 saturated heterocycles. The SMILES string of the molecule is CC(C)COc1ccc2c(c1)C(c1ccnc(N3CCOCC3)c1)=NC2. The topological polar surface area (TPSA) is 47.0 Å². The molecule has 26 heavy (non-hydrogen) atoms. The summed E-state index contributed by atoms with van der Waals surface area (Å²) in [7, 11) is 0. The first-order valence-electron chi connectivity index (χ1n) is 9.30. The molecule has 2 aliphatic heterocycles. The minimum Gasteiger partial charge on any atom is -0.493 e. The van der Waals surface area contributed by atoms with Gasteiger partial charge < -0.3 is 14.4 Å². The molecule has 2 aliphatic rings. The summed E-state index contributed by atoms with van der Waals surface area (Å²) in [6.07, 6.45) is 1.87. The lowest BCUT2D eigenvalue weighted by Crippen LogP contribution is -2.36. The number of pyridine rings is 1. The molecule has 0 spiro atoms. The van der Waals surface area contributed by atoms with Crippen LogP contribution in [0.1, 0.15) is 30.5 Å². The van der Waals surface area contributed by atoms with Gasteiger partial charge in [-0.05, 0) is 35.7 Å². The highest BCUT2D eigenvalue weighted by Gasteiger charge is 2.20. The standard InChI is InChI=1S/C21H25N3O2/c1-15(2)14-26-18-4-3-17-13-23-21(19(17)12-18)16-5-6-22-20(11-16)24-7-9-25-10-8-24/h3-6,11-12,15H,7-10,13-14H2,1-2H3. The Kier molecular flexibility index (Phi) is 4.89. The first-order valence-corrected chi connectivity index (χ1v) is 9.30. The Balaban J connectivity index is 1.59. The zero-order valence-corrected chi connectivity index (χ0v) is 15.4. The highest BCUT2D eigenvalue weighted by atomic mass is 16.5. The number of ether oxygens (including phenoxy) is 2. The molecular formula is C21H25N3O2. The van der Waals surface area contributed by atoms with E-state index in [-0.39, 0.29) is 0 Å². The highest BCUT2D eigenvalue weighted by Crippen LogP contribution is 2.28. The Labute approximate surface area is 154 Å². The Bertz CT molecular complexity index is 811. The van der Waals surface area contributed by atoms with Crippen LogP contribution in [0.25, 0.3) is 0 Å². The smallest absolute Gasteiger partial charge is 0.129 e. The summed E-state index contributed by atoms with van der Waals surface area (Å²) < 4.78 is 11.3. The molecule has 1 aromatic heterocycles. The zero-order chi connectivity index (χ0) is 17.9. The minimum absolute atomic E-state index is 0.507. The van der Waals surface area contributed by atoms with Crippen molar-refractivity contribution in [2.75, 3.05) is 37.8 Å². The van der Waals surface area contributed by atoms with Gasteiger partial charge in [-0.2, -0.15) is 0 Å². The third-order valence-electron chi connectivity index (χ3n) is 4.68. The quantitative estimate of drug-likeness (QED) is 0.829. The molecule has 0 unspecified atom stereocenters. The number of anilines is 1. The fraction of sp³-hybridized carbons (Fsp3) is 0.429. The largest absolute Gasteiger partial charge is 0.493 e. The number of hydrogen-bond donors (Lipinski definition) is 0. The lowest BCUT2D eigenvalue weighted by Gasteiger charge is -2.28. The maximum absolute atomic E-state index is 5.91. The van der Waals surface area contributed by atoms with Crippen LogP contribution in [-0.4, -0.2) is 43.6 Å². The van der Waals surface area contributed by atoms with Crippen LogP contribution in [0.5, 0.6) is 5.75 Å². The predicted octanol–water partition coefficient (Wildman–Crippen LogP) is 3.30. The van der Waals surface area contributed by atoms with Crippen LogP contribution >= 0.6 is 0 Å². The van der Waals surface area contributed by atoms with Crippen molar-refractivity contribution in [1.82, 2.24) is 4.98 Å². The molecule has 5 heteroatoms. The van der Waals surface area contributed by atoms with E-state index in [0.717, 1.165) is 62.3 Å². The minimum atomic E-state index is 0.507. The second-order valence-corrected chi connectivity index (χ2v) is 7.19. The average molecular weight is 351 g/mol. The molecule has 1 aromatic carbocycles. The lowest BCUT2D eigenvalue weighted by atomic mass is 10.0. The summed E-state index contributed by atoms with van der Waals surface area (Å²) in [6, 6.07) is 10.5. The molecule has 0 atom stereocenters. The number of fused-ring (bicyclic) bond motifs is 1.